The molecule has 0 unspecified atom stereocenters. The predicted octanol–water partition coefficient (Wildman–Crippen LogP) is 2.54. The molecule has 4 N–H and O–H groups in total. The Balaban J connectivity index is 1.66. The third-order valence-corrected chi connectivity index (χ3v) is 4.32. The van der Waals surface area contributed by atoms with Crippen molar-refractivity contribution in [2.24, 2.45) is 0 Å². The van der Waals surface area contributed by atoms with Gasteiger partial charge in [0, 0.05) is 0 Å². The number of methoxy groups -OCH3 is 1. The lowest BCUT2D eigenvalue weighted by atomic mass is 9.98. The zero-order valence-corrected chi connectivity index (χ0v) is 14.7. The van der Waals surface area contributed by atoms with Crippen LogP contribution in [0.5, 0.6) is 11.6 Å². The number of carbonyl (C=O) groups excluding carboxylic acids is 1. The van der Waals surface area contributed by atoms with Gasteiger partial charge in [-0.2, -0.15) is 4.98 Å². The van der Waals surface area contributed by atoms with Crippen molar-refractivity contribution in [3.8, 4) is 11.6 Å². The van der Waals surface area contributed by atoms with Crippen LogP contribution in [0.4, 0.5) is 11.5 Å². The van der Waals surface area contributed by atoms with E-state index in [4.69, 9.17) is 15.2 Å². The molecule has 0 saturated heterocycles. The second-order valence-corrected chi connectivity index (χ2v) is 6.10. The smallest absolute Gasteiger partial charge is 0.273 e. The van der Waals surface area contributed by atoms with Gasteiger partial charge in [0.25, 0.3) is 5.91 Å². The average Bonchev–Trinajstić information content (AvgIpc) is 2.69. The summed E-state index contributed by atoms with van der Waals surface area (Å²) in [7, 11) is 1.51. The van der Waals surface area contributed by atoms with Crippen LogP contribution in [0.2, 0.25) is 0 Å². The topological polar surface area (TPSA) is 111 Å². The van der Waals surface area contributed by atoms with E-state index in [2.05, 4.69) is 20.8 Å². The van der Waals surface area contributed by atoms with Gasteiger partial charge in [0.15, 0.2) is 5.82 Å². The number of para-hydroxylation sites is 1. The Hall–Kier alpha value is -3.03. The number of hydrogen-bond acceptors (Lipinski definition) is 7. The molecule has 1 heterocycles. The maximum atomic E-state index is 12.3. The van der Waals surface area contributed by atoms with Crippen LogP contribution in [0.25, 0.3) is 0 Å². The van der Waals surface area contributed by atoms with E-state index in [1.165, 1.54) is 19.9 Å². The first-order valence-corrected chi connectivity index (χ1v) is 8.65. The van der Waals surface area contributed by atoms with Gasteiger partial charge in [0.2, 0.25) is 5.88 Å². The molecule has 1 aromatic heterocycles. The fourth-order valence-corrected chi connectivity index (χ4v) is 2.93. The summed E-state index contributed by atoms with van der Waals surface area (Å²) in [5, 5.41) is 0. The van der Waals surface area contributed by atoms with Crippen molar-refractivity contribution >= 4 is 17.4 Å². The minimum Gasteiger partial charge on any atom is -0.496 e. The number of ether oxygens (including phenoxy) is 2. The molecular formula is C18H23N5O3. The van der Waals surface area contributed by atoms with Gasteiger partial charge in [-0.1, -0.05) is 18.6 Å². The summed E-state index contributed by atoms with van der Waals surface area (Å²) in [6.45, 7) is 0. The molecule has 3 rings (SSSR count). The van der Waals surface area contributed by atoms with Gasteiger partial charge in [0.1, 0.15) is 23.9 Å². The Bertz CT molecular complexity index is 762. The molecule has 1 saturated carbocycles. The molecule has 8 nitrogen and oxygen atoms in total. The third kappa shape index (κ3) is 4.14. The number of nitrogen functional groups attached to an aromatic ring is 1. The standard InChI is InChI=1S/C18H23N5O3/c1-25-14-10-6-5-9-13(14)17(24)23-22-16-15(19)18(21-11-20-16)26-12-7-3-2-4-8-12/h5-6,9-12H,2-4,7-8,19H2,1H3,(H,23,24)(H,20,21,22). The van der Waals surface area contributed by atoms with Crippen molar-refractivity contribution < 1.29 is 14.3 Å². The molecule has 1 fully saturated rings. The zero-order chi connectivity index (χ0) is 18.4. The SMILES string of the molecule is COc1ccccc1C(=O)NNc1ncnc(OC2CCCCC2)c1N. The molecule has 2 aromatic rings. The van der Waals surface area contributed by atoms with E-state index in [0.717, 1.165) is 25.7 Å². The van der Waals surface area contributed by atoms with Crippen LogP contribution in [0.15, 0.2) is 30.6 Å². The maximum Gasteiger partial charge on any atom is 0.273 e. The molecule has 1 aliphatic carbocycles. The van der Waals surface area contributed by atoms with Crippen LogP contribution in [0, 0.1) is 0 Å². The highest BCUT2D eigenvalue weighted by Gasteiger charge is 2.19. The van der Waals surface area contributed by atoms with Gasteiger partial charge in [-0.3, -0.25) is 15.6 Å². The molecule has 138 valence electrons. The predicted molar refractivity (Wildman–Crippen MR) is 98.0 cm³/mol. The first-order chi connectivity index (χ1) is 12.7. The molecular weight excluding hydrogens is 334 g/mol. The molecule has 1 amide bonds. The van der Waals surface area contributed by atoms with Gasteiger partial charge in [-0.05, 0) is 37.8 Å². The van der Waals surface area contributed by atoms with E-state index in [1.807, 2.05) is 0 Å². The van der Waals surface area contributed by atoms with Crippen molar-refractivity contribution in [1.29, 1.82) is 0 Å². The quantitative estimate of drug-likeness (QED) is 0.681. The second-order valence-electron chi connectivity index (χ2n) is 6.10. The minimum atomic E-state index is -0.366. The summed E-state index contributed by atoms with van der Waals surface area (Å²) in [6.07, 6.45) is 7.00. The van der Waals surface area contributed by atoms with Crippen molar-refractivity contribution in [3.63, 3.8) is 0 Å². The monoisotopic (exact) mass is 357 g/mol. The molecule has 0 aliphatic heterocycles. The highest BCUT2D eigenvalue weighted by Crippen LogP contribution is 2.28. The number of hydrazine groups is 1. The Morgan fingerprint density at radius 2 is 1.96 bits per heavy atom. The molecule has 1 aliphatic rings. The molecule has 8 heteroatoms. The van der Waals surface area contributed by atoms with Crippen molar-refractivity contribution in [3.05, 3.63) is 36.2 Å². The summed E-state index contributed by atoms with van der Waals surface area (Å²) in [6, 6.07) is 6.92. The van der Waals surface area contributed by atoms with Crippen LogP contribution in [-0.2, 0) is 0 Å². The third-order valence-electron chi connectivity index (χ3n) is 4.32. The van der Waals surface area contributed by atoms with Gasteiger partial charge < -0.3 is 15.2 Å². The van der Waals surface area contributed by atoms with E-state index < -0.39 is 0 Å². The lowest BCUT2D eigenvalue weighted by molar-refractivity contribution is 0.0959. The van der Waals surface area contributed by atoms with Crippen LogP contribution >= 0.6 is 0 Å². The Morgan fingerprint density at radius 3 is 2.73 bits per heavy atom. The number of amides is 1. The van der Waals surface area contributed by atoms with Crippen LogP contribution in [0.3, 0.4) is 0 Å². The normalized spacial score (nSPS) is 14.5. The van der Waals surface area contributed by atoms with Gasteiger partial charge in [-0.25, -0.2) is 4.98 Å². The number of anilines is 2. The first-order valence-electron chi connectivity index (χ1n) is 8.65. The summed E-state index contributed by atoms with van der Waals surface area (Å²) >= 11 is 0. The van der Waals surface area contributed by atoms with Crippen LogP contribution in [0.1, 0.15) is 42.5 Å². The average molecular weight is 357 g/mol. The molecule has 1 aromatic carbocycles. The number of nitrogens with zero attached hydrogens (tertiary/aromatic N) is 2. The highest BCUT2D eigenvalue weighted by atomic mass is 16.5. The van der Waals surface area contributed by atoms with Crippen LogP contribution < -0.4 is 26.1 Å². The highest BCUT2D eigenvalue weighted by molar-refractivity contribution is 5.97. The summed E-state index contributed by atoms with van der Waals surface area (Å²) in [5.74, 6) is 0.731. The summed E-state index contributed by atoms with van der Waals surface area (Å²) < 4.78 is 11.1. The molecule has 0 atom stereocenters. The van der Waals surface area contributed by atoms with Crippen molar-refractivity contribution in [2.45, 2.75) is 38.2 Å². The summed E-state index contributed by atoms with van der Waals surface area (Å²) in [5.41, 5.74) is 12.0. The largest absolute Gasteiger partial charge is 0.496 e. The van der Waals surface area contributed by atoms with E-state index in [0.29, 0.717) is 17.2 Å². The number of aromatic nitrogens is 2. The number of hydrogen-bond donors (Lipinski definition) is 3. The second kappa shape index (κ2) is 8.37. The fraction of sp³-hybridized carbons (Fsp3) is 0.389. The lowest BCUT2D eigenvalue weighted by Crippen LogP contribution is -2.31. The molecule has 0 bridgehead atoms. The maximum absolute atomic E-state index is 12.3. The van der Waals surface area contributed by atoms with E-state index in [9.17, 15) is 4.79 Å². The number of carbonyl (C=O) groups is 1. The number of nitrogens with one attached hydrogen (secondary N) is 2. The van der Waals surface area contributed by atoms with E-state index in [-0.39, 0.29) is 23.5 Å². The van der Waals surface area contributed by atoms with Crippen molar-refractivity contribution in [2.75, 3.05) is 18.3 Å². The Morgan fingerprint density at radius 1 is 1.19 bits per heavy atom. The lowest BCUT2D eigenvalue weighted by Gasteiger charge is -2.23. The van der Waals surface area contributed by atoms with Gasteiger partial charge in [0.05, 0.1) is 12.7 Å². The first kappa shape index (κ1) is 17.8. The van der Waals surface area contributed by atoms with Gasteiger partial charge in [-0.15, -0.1) is 0 Å². The summed E-state index contributed by atoms with van der Waals surface area (Å²) in [4.78, 5) is 20.5. The molecule has 26 heavy (non-hydrogen) atoms. The number of nitrogens with two attached hydrogens (primary N) is 1. The van der Waals surface area contributed by atoms with E-state index in [1.54, 1.807) is 24.3 Å². The van der Waals surface area contributed by atoms with E-state index >= 15 is 0 Å². The van der Waals surface area contributed by atoms with Gasteiger partial charge >= 0.3 is 0 Å². The molecule has 0 spiro atoms. The fourth-order valence-electron chi connectivity index (χ4n) is 2.93. The van der Waals surface area contributed by atoms with Crippen molar-refractivity contribution in [1.82, 2.24) is 15.4 Å². The zero-order valence-electron chi connectivity index (χ0n) is 14.7. The molecule has 0 radical (unpaired) electrons. The number of rotatable bonds is 6. The van der Waals surface area contributed by atoms with Crippen LogP contribution in [-0.4, -0.2) is 29.1 Å². The minimum absolute atomic E-state index is 0.122. The number of benzene rings is 1. The Kier molecular flexibility index (Phi) is 5.73. The Labute approximate surface area is 152 Å².